The normalized spacial score (nSPS) is 11.2. The minimum Gasteiger partial charge on any atom is -0.329 e. The fourth-order valence-electron chi connectivity index (χ4n) is 2.75. The number of aryl methyl sites for hydroxylation is 1. The lowest BCUT2D eigenvalue weighted by Gasteiger charge is -2.22. The van der Waals surface area contributed by atoms with Gasteiger partial charge in [0.1, 0.15) is 4.88 Å². The van der Waals surface area contributed by atoms with Gasteiger partial charge in [-0.05, 0) is 18.1 Å². The van der Waals surface area contributed by atoms with Crippen LogP contribution in [-0.2, 0) is 23.1 Å². The number of rotatable bonds is 7. The number of hydrogen-bond acceptors (Lipinski definition) is 5. The average molecular weight is 416 g/mol. The number of carbonyl (C=O) groups excluding carboxylic acids is 1. The standard InChI is InChI=1S/C20H21N3O3S2/c1-15-18(27-20(21-15)22-28(2,25)26)19(24)23(13-16-9-5-3-6-10-16)14-17-11-7-4-8-12-17/h3-12H,13-14H2,1-2H3,(H,21,22). The molecule has 1 heterocycles. The summed E-state index contributed by atoms with van der Waals surface area (Å²) >= 11 is 1.05. The van der Waals surface area contributed by atoms with Gasteiger partial charge in [-0.15, -0.1) is 0 Å². The fraction of sp³-hybridized carbons (Fsp3) is 0.200. The SMILES string of the molecule is Cc1nc(NS(C)(=O)=O)sc1C(=O)N(Cc1ccccc1)Cc1ccccc1. The van der Waals surface area contributed by atoms with E-state index >= 15 is 0 Å². The van der Waals surface area contributed by atoms with Gasteiger partial charge in [-0.1, -0.05) is 72.0 Å². The van der Waals surface area contributed by atoms with Gasteiger partial charge in [-0.3, -0.25) is 9.52 Å². The molecule has 0 atom stereocenters. The van der Waals surface area contributed by atoms with Gasteiger partial charge >= 0.3 is 0 Å². The molecule has 1 amide bonds. The largest absolute Gasteiger partial charge is 0.329 e. The Bertz CT molecular complexity index is 1010. The Morgan fingerprint density at radius 3 is 1.96 bits per heavy atom. The van der Waals surface area contributed by atoms with E-state index in [1.54, 1.807) is 11.8 Å². The molecule has 0 bridgehead atoms. The molecule has 0 aliphatic rings. The van der Waals surface area contributed by atoms with Crippen molar-refractivity contribution in [3.8, 4) is 0 Å². The lowest BCUT2D eigenvalue weighted by molar-refractivity contribution is 0.0734. The Morgan fingerprint density at radius 1 is 1.00 bits per heavy atom. The number of sulfonamides is 1. The molecule has 0 unspecified atom stereocenters. The molecule has 3 aromatic rings. The highest BCUT2D eigenvalue weighted by Gasteiger charge is 2.23. The second-order valence-corrected chi connectivity index (χ2v) is 9.19. The van der Waals surface area contributed by atoms with Gasteiger partial charge in [-0.2, -0.15) is 0 Å². The smallest absolute Gasteiger partial charge is 0.266 e. The third-order valence-electron chi connectivity index (χ3n) is 3.98. The van der Waals surface area contributed by atoms with Gasteiger partial charge < -0.3 is 4.90 Å². The maximum atomic E-state index is 13.3. The van der Waals surface area contributed by atoms with E-state index in [2.05, 4.69) is 9.71 Å². The molecular formula is C20H21N3O3S2. The van der Waals surface area contributed by atoms with E-state index in [0.29, 0.717) is 23.7 Å². The van der Waals surface area contributed by atoms with E-state index in [1.807, 2.05) is 60.7 Å². The lowest BCUT2D eigenvalue weighted by atomic mass is 10.1. The van der Waals surface area contributed by atoms with Crippen molar-refractivity contribution in [2.75, 3.05) is 11.0 Å². The van der Waals surface area contributed by atoms with E-state index in [-0.39, 0.29) is 11.0 Å². The minimum absolute atomic E-state index is 0.177. The van der Waals surface area contributed by atoms with E-state index in [0.717, 1.165) is 28.7 Å². The number of amides is 1. The van der Waals surface area contributed by atoms with Crippen LogP contribution in [-0.4, -0.2) is 30.5 Å². The van der Waals surface area contributed by atoms with Gasteiger partial charge in [0.15, 0.2) is 5.13 Å². The molecule has 0 radical (unpaired) electrons. The van der Waals surface area contributed by atoms with Crippen LogP contribution in [0.5, 0.6) is 0 Å². The van der Waals surface area contributed by atoms with Gasteiger partial charge in [0, 0.05) is 13.1 Å². The molecule has 2 aromatic carbocycles. The van der Waals surface area contributed by atoms with E-state index in [4.69, 9.17) is 0 Å². The molecule has 1 aromatic heterocycles. The van der Waals surface area contributed by atoms with Gasteiger partial charge in [0.2, 0.25) is 10.0 Å². The summed E-state index contributed by atoms with van der Waals surface area (Å²) < 4.78 is 25.3. The Labute approximate surface area is 168 Å². The van der Waals surface area contributed by atoms with Crippen LogP contribution in [0.4, 0.5) is 5.13 Å². The lowest BCUT2D eigenvalue weighted by Crippen LogP contribution is -2.30. The third kappa shape index (κ3) is 5.40. The van der Waals surface area contributed by atoms with Crippen molar-refractivity contribution in [3.05, 3.63) is 82.4 Å². The Kier molecular flexibility index (Phi) is 6.11. The molecule has 0 saturated heterocycles. The number of hydrogen-bond donors (Lipinski definition) is 1. The van der Waals surface area contributed by atoms with Crippen molar-refractivity contribution in [3.63, 3.8) is 0 Å². The second kappa shape index (κ2) is 8.53. The topological polar surface area (TPSA) is 79.4 Å². The summed E-state index contributed by atoms with van der Waals surface area (Å²) in [6, 6.07) is 19.5. The van der Waals surface area contributed by atoms with Crippen LogP contribution < -0.4 is 4.72 Å². The molecule has 8 heteroatoms. The molecule has 0 saturated carbocycles. The Hall–Kier alpha value is -2.71. The summed E-state index contributed by atoms with van der Waals surface area (Å²) in [4.78, 5) is 19.6. The first-order valence-electron chi connectivity index (χ1n) is 8.64. The number of nitrogens with zero attached hydrogens (tertiary/aromatic N) is 2. The maximum Gasteiger partial charge on any atom is 0.266 e. The Morgan fingerprint density at radius 2 is 1.50 bits per heavy atom. The van der Waals surface area contributed by atoms with E-state index in [9.17, 15) is 13.2 Å². The molecule has 3 rings (SSSR count). The van der Waals surface area contributed by atoms with Gasteiger partial charge in [0.25, 0.3) is 5.91 Å². The van der Waals surface area contributed by atoms with Crippen LogP contribution in [0.15, 0.2) is 60.7 Å². The number of anilines is 1. The van der Waals surface area contributed by atoms with Gasteiger partial charge in [-0.25, -0.2) is 13.4 Å². The first kappa shape index (κ1) is 20.0. The average Bonchev–Trinajstić information content (AvgIpc) is 3.00. The summed E-state index contributed by atoms with van der Waals surface area (Å²) in [5.41, 5.74) is 2.54. The van der Waals surface area contributed by atoms with Crippen LogP contribution >= 0.6 is 11.3 Å². The van der Waals surface area contributed by atoms with Crippen LogP contribution in [0, 0.1) is 6.92 Å². The van der Waals surface area contributed by atoms with E-state index < -0.39 is 10.0 Å². The van der Waals surface area contributed by atoms with Crippen molar-refractivity contribution in [1.29, 1.82) is 0 Å². The summed E-state index contributed by atoms with van der Waals surface area (Å²) in [6.07, 6.45) is 1.06. The zero-order valence-corrected chi connectivity index (χ0v) is 17.3. The number of aromatic nitrogens is 1. The third-order valence-corrected chi connectivity index (χ3v) is 5.74. The van der Waals surface area contributed by atoms with Crippen LogP contribution in [0.3, 0.4) is 0 Å². The highest BCUT2D eigenvalue weighted by Crippen LogP contribution is 2.26. The Balaban J connectivity index is 1.89. The molecule has 1 N–H and O–H groups in total. The van der Waals surface area contributed by atoms with Gasteiger partial charge in [0.05, 0.1) is 11.9 Å². The van der Waals surface area contributed by atoms with Crippen molar-refractivity contribution in [2.45, 2.75) is 20.0 Å². The predicted molar refractivity (Wildman–Crippen MR) is 112 cm³/mol. The maximum absolute atomic E-state index is 13.3. The monoisotopic (exact) mass is 415 g/mol. The number of benzene rings is 2. The second-order valence-electron chi connectivity index (χ2n) is 6.44. The van der Waals surface area contributed by atoms with E-state index in [1.165, 1.54) is 0 Å². The molecule has 28 heavy (non-hydrogen) atoms. The van der Waals surface area contributed by atoms with Crippen molar-refractivity contribution in [2.24, 2.45) is 0 Å². The first-order valence-corrected chi connectivity index (χ1v) is 11.3. The number of carbonyl (C=O) groups is 1. The van der Waals surface area contributed by atoms with Crippen LogP contribution in [0.2, 0.25) is 0 Å². The summed E-state index contributed by atoms with van der Waals surface area (Å²) in [7, 11) is -3.45. The summed E-state index contributed by atoms with van der Waals surface area (Å²) in [6.45, 7) is 2.60. The molecule has 6 nitrogen and oxygen atoms in total. The summed E-state index contributed by atoms with van der Waals surface area (Å²) in [5.74, 6) is -0.177. The fourth-order valence-corrected chi connectivity index (χ4v) is 4.52. The zero-order valence-electron chi connectivity index (χ0n) is 15.6. The molecule has 0 fully saturated rings. The minimum atomic E-state index is -3.45. The number of nitrogens with one attached hydrogen (secondary N) is 1. The first-order chi connectivity index (χ1) is 13.3. The predicted octanol–water partition coefficient (Wildman–Crippen LogP) is 3.67. The highest BCUT2D eigenvalue weighted by atomic mass is 32.2. The highest BCUT2D eigenvalue weighted by molar-refractivity contribution is 7.92. The van der Waals surface area contributed by atoms with Crippen molar-refractivity contribution >= 4 is 32.4 Å². The zero-order chi connectivity index (χ0) is 20.1. The van der Waals surface area contributed by atoms with Crippen molar-refractivity contribution in [1.82, 2.24) is 9.88 Å². The number of thiazole rings is 1. The van der Waals surface area contributed by atoms with Crippen molar-refractivity contribution < 1.29 is 13.2 Å². The van der Waals surface area contributed by atoms with Crippen LogP contribution in [0.25, 0.3) is 0 Å². The van der Waals surface area contributed by atoms with Crippen LogP contribution in [0.1, 0.15) is 26.5 Å². The molecule has 0 spiro atoms. The quantitative estimate of drug-likeness (QED) is 0.639. The molecule has 0 aliphatic heterocycles. The molecule has 146 valence electrons. The molecule has 0 aliphatic carbocycles. The summed E-state index contributed by atoms with van der Waals surface area (Å²) in [5, 5.41) is 0.197. The molecular weight excluding hydrogens is 394 g/mol.